The predicted molar refractivity (Wildman–Crippen MR) is 86.4 cm³/mol. The number of anilines is 1. The van der Waals surface area contributed by atoms with Gasteiger partial charge in [0.25, 0.3) is 0 Å². The fourth-order valence-electron chi connectivity index (χ4n) is 3.71. The predicted octanol–water partition coefficient (Wildman–Crippen LogP) is 3.99. The molecule has 0 unspecified atom stereocenters. The van der Waals surface area contributed by atoms with Crippen molar-refractivity contribution in [3.63, 3.8) is 0 Å². The van der Waals surface area contributed by atoms with Crippen molar-refractivity contribution in [3.05, 3.63) is 29.6 Å². The second-order valence-electron chi connectivity index (χ2n) is 6.47. The SMILES string of the molecule is O=C1CCc2cc(F)ccc2N1CC1(CS)CCCCC1. The van der Waals surface area contributed by atoms with Gasteiger partial charge in [-0.05, 0) is 54.2 Å². The molecule has 114 valence electrons. The lowest BCUT2D eigenvalue weighted by molar-refractivity contribution is -0.119. The molecule has 0 radical (unpaired) electrons. The van der Waals surface area contributed by atoms with Gasteiger partial charge >= 0.3 is 0 Å². The first-order valence-electron chi connectivity index (χ1n) is 7.83. The third-order valence-electron chi connectivity index (χ3n) is 4.98. The number of halogens is 1. The Balaban J connectivity index is 1.89. The van der Waals surface area contributed by atoms with Crippen LogP contribution in [0.15, 0.2) is 18.2 Å². The summed E-state index contributed by atoms with van der Waals surface area (Å²) in [6.07, 6.45) is 7.13. The number of thiol groups is 1. The number of carbonyl (C=O) groups excluding carboxylic acids is 1. The summed E-state index contributed by atoms with van der Waals surface area (Å²) in [6, 6.07) is 4.79. The normalized spacial score (nSPS) is 21.2. The third kappa shape index (κ3) is 2.96. The number of nitrogens with zero attached hydrogens (tertiary/aromatic N) is 1. The van der Waals surface area contributed by atoms with Crippen molar-refractivity contribution < 1.29 is 9.18 Å². The van der Waals surface area contributed by atoms with Crippen LogP contribution in [0.1, 0.15) is 44.1 Å². The topological polar surface area (TPSA) is 20.3 Å². The lowest BCUT2D eigenvalue weighted by atomic mass is 9.74. The highest BCUT2D eigenvalue weighted by Gasteiger charge is 2.36. The average Bonchev–Trinajstić information content (AvgIpc) is 2.51. The monoisotopic (exact) mass is 307 g/mol. The summed E-state index contributed by atoms with van der Waals surface area (Å²) in [4.78, 5) is 14.3. The molecule has 0 N–H and O–H groups in total. The van der Waals surface area contributed by atoms with Gasteiger partial charge in [-0.1, -0.05) is 19.3 Å². The maximum atomic E-state index is 13.4. The molecule has 1 amide bonds. The van der Waals surface area contributed by atoms with Crippen LogP contribution in [0.4, 0.5) is 10.1 Å². The molecule has 4 heteroatoms. The molecule has 1 heterocycles. The first-order chi connectivity index (χ1) is 10.1. The number of aryl methyl sites for hydroxylation is 1. The Morgan fingerprint density at radius 1 is 1.19 bits per heavy atom. The minimum atomic E-state index is -0.218. The van der Waals surface area contributed by atoms with Gasteiger partial charge in [-0.2, -0.15) is 12.6 Å². The summed E-state index contributed by atoms with van der Waals surface area (Å²) in [5.74, 6) is 0.762. The molecular weight excluding hydrogens is 285 g/mol. The minimum absolute atomic E-state index is 0.125. The van der Waals surface area contributed by atoms with E-state index in [0.29, 0.717) is 12.8 Å². The molecule has 1 saturated carbocycles. The number of fused-ring (bicyclic) bond motifs is 1. The first kappa shape index (κ1) is 14.9. The van der Waals surface area contributed by atoms with Crippen molar-refractivity contribution in [1.29, 1.82) is 0 Å². The van der Waals surface area contributed by atoms with Crippen LogP contribution in [0, 0.1) is 11.2 Å². The van der Waals surface area contributed by atoms with Crippen LogP contribution >= 0.6 is 12.6 Å². The Bertz CT molecular complexity index is 540. The highest BCUT2D eigenvalue weighted by molar-refractivity contribution is 7.80. The highest BCUT2D eigenvalue weighted by Crippen LogP contribution is 2.40. The molecule has 1 aromatic rings. The van der Waals surface area contributed by atoms with Gasteiger partial charge in [0.2, 0.25) is 5.91 Å². The van der Waals surface area contributed by atoms with E-state index in [4.69, 9.17) is 0 Å². The van der Waals surface area contributed by atoms with Gasteiger partial charge in [0.15, 0.2) is 0 Å². The molecule has 1 fully saturated rings. The van der Waals surface area contributed by atoms with Gasteiger partial charge in [0.05, 0.1) is 0 Å². The maximum absolute atomic E-state index is 13.4. The fourth-order valence-corrected chi connectivity index (χ4v) is 4.12. The first-order valence-corrected chi connectivity index (χ1v) is 8.46. The maximum Gasteiger partial charge on any atom is 0.227 e. The van der Waals surface area contributed by atoms with Crippen LogP contribution in [-0.4, -0.2) is 18.2 Å². The number of rotatable bonds is 3. The summed E-state index contributed by atoms with van der Waals surface area (Å²) in [5, 5.41) is 0. The summed E-state index contributed by atoms with van der Waals surface area (Å²) >= 11 is 4.57. The van der Waals surface area contributed by atoms with Gasteiger partial charge in [0, 0.05) is 18.7 Å². The smallest absolute Gasteiger partial charge is 0.227 e. The lowest BCUT2D eigenvalue weighted by Gasteiger charge is -2.42. The molecule has 0 bridgehead atoms. The highest BCUT2D eigenvalue weighted by atomic mass is 32.1. The van der Waals surface area contributed by atoms with E-state index in [9.17, 15) is 9.18 Å². The molecule has 21 heavy (non-hydrogen) atoms. The molecule has 0 saturated heterocycles. The van der Waals surface area contributed by atoms with Crippen LogP contribution < -0.4 is 4.90 Å². The molecular formula is C17H22FNOS. The Morgan fingerprint density at radius 3 is 2.67 bits per heavy atom. The largest absolute Gasteiger partial charge is 0.312 e. The quantitative estimate of drug-likeness (QED) is 0.837. The van der Waals surface area contributed by atoms with E-state index in [0.717, 1.165) is 36.4 Å². The summed E-state index contributed by atoms with van der Waals surface area (Å²) in [5.41, 5.74) is 1.99. The second-order valence-corrected chi connectivity index (χ2v) is 6.79. The zero-order valence-corrected chi connectivity index (χ0v) is 13.2. The van der Waals surface area contributed by atoms with E-state index in [1.807, 2.05) is 4.90 Å². The summed E-state index contributed by atoms with van der Waals surface area (Å²) < 4.78 is 13.4. The molecule has 0 aromatic heterocycles. The minimum Gasteiger partial charge on any atom is -0.312 e. The molecule has 1 aliphatic heterocycles. The van der Waals surface area contributed by atoms with Crippen LogP contribution in [0.5, 0.6) is 0 Å². The standard InChI is InChI=1S/C17H22FNOS/c18-14-5-6-15-13(10-14)4-7-16(20)19(15)11-17(12-21)8-2-1-3-9-17/h5-6,10,21H,1-4,7-9,11-12H2. The summed E-state index contributed by atoms with van der Waals surface area (Å²) in [7, 11) is 0. The lowest BCUT2D eigenvalue weighted by Crippen LogP contribution is -2.45. The molecule has 1 aromatic carbocycles. The molecule has 0 atom stereocenters. The van der Waals surface area contributed by atoms with Crippen LogP contribution in [0.25, 0.3) is 0 Å². The number of carbonyl (C=O) groups is 1. The van der Waals surface area contributed by atoms with E-state index in [-0.39, 0.29) is 17.1 Å². The van der Waals surface area contributed by atoms with Crippen molar-refractivity contribution >= 4 is 24.2 Å². The van der Waals surface area contributed by atoms with Crippen molar-refractivity contribution in [1.82, 2.24) is 0 Å². The van der Waals surface area contributed by atoms with E-state index in [1.54, 1.807) is 12.1 Å². The van der Waals surface area contributed by atoms with Gasteiger partial charge < -0.3 is 4.90 Å². The molecule has 2 nitrogen and oxygen atoms in total. The molecule has 2 aliphatic rings. The molecule has 1 aliphatic carbocycles. The van der Waals surface area contributed by atoms with E-state index < -0.39 is 0 Å². The van der Waals surface area contributed by atoms with Gasteiger partial charge in [-0.3, -0.25) is 4.79 Å². The molecule has 3 rings (SSSR count). The number of amides is 1. The Morgan fingerprint density at radius 2 is 1.95 bits per heavy atom. The van der Waals surface area contributed by atoms with E-state index in [1.165, 1.54) is 25.3 Å². The average molecular weight is 307 g/mol. The Kier molecular flexibility index (Phi) is 4.25. The zero-order chi connectivity index (χ0) is 14.9. The summed E-state index contributed by atoms with van der Waals surface area (Å²) in [6.45, 7) is 0.730. The van der Waals surface area contributed by atoms with Crippen LogP contribution in [0.3, 0.4) is 0 Å². The van der Waals surface area contributed by atoms with Gasteiger partial charge in [-0.15, -0.1) is 0 Å². The fraction of sp³-hybridized carbons (Fsp3) is 0.588. The van der Waals surface area contributed by atoms with E-state index >= 15 is 0 Å². The second kappa shape index (κ2) is 5.99. The van der Waals surface area contributed by atoms with Crippen molar-refractivity contribution in [2.24, 2.45) is 5.41 Å². The number of hydrogen-bond donors (Lipinski definition) is 1. The Hall–Kier alpha value is -1.03. The third-order valence-corrected chi connectivity index (χ3v) is 5.66. The number of benzene rings is 1. The van der Waals surface area contributed by atoms with Gasteiger partial charge in [-0.25, -0.2) is 4.39 Å². The molecule has 0 spiro atoms. The van der Waals surface area contributed by atoms with Crippen LogP contribution in [-0.2, 0) is 11.2 Å². The van der Waals surface area contributed by atoms with Crippen molar-refractivity contribution in [2.45, 2.75) is 44.9 Å². The van der Waals surface area contributed by atoms with Gasteiger partial charge in [0.1, 0.15) is 5.82 Å². The van der Waals surface area contributed by atoms with Crippen molar-refractivity contribution in [3.8, 4) is 0 Å². The van der Waals surface area contributed by atoms with Crippen molar-refractivity contribution in [2.75, 3.05) is 17.2 Å². The zero-order valence-electron chi connectivity index (χ0n) is 12.3. The van der Waals surface area contributed by atoms with Crippen LogP contribution in [0.2, 0.25) is 0 Å². The Labute approximate surface area is 131 Å². The number of hydrogen-bond acceptors (Lipinski definition) is 2. The van der Waals surface area contributed by atoms with E-state index in [2.05, 4.69) is 12.6 Å².